The summed E-state index contributed by atoms with van der Waals surface area (Å²) in [6.45, 7) is 0. The SMILES string of the molecule is CNC(=O)c1cccc(O)c1.[2H]SC. The van der Waals surface area contributed by atoms with Gasteiger partial charge in [0.25, 0.3) is 5.91 Å². The lowest BCUT2D eigenvalue weighted by atomic mass is 10.2. The molecule has 0 spiro atoms. The van der Waals surface area contributed by atoms with Crippen molar-refractivity contribution in [1.29, 1.82) is 1.12 Å². The number of hydrogen-bond acceptors (Lipinski definition) is 3. The summed E-state index contributed by atoms with van der Waals surface area (Å²) in [7, 11) is 1.55. The number of aromatic hydroxyl groups is 1. The molecule has 0 fully saturated rings. The molecule has 0 aliphatic rings. The maximum absolute atomic E-state index is 10.9. The van der Waals surface area contributed by atoms with Crippen LogP contribution in [-0.2, 0) is 0 Å². The van der Waals surface area contributed by atoms with Gasteiger partial charge in [-0.25, -0.2) is 0 Å². The van der Waals surface area contributed by atoms with Crippen LogP contribution in [0.25, 0.3) is 0 Å². The minimum absolute atomic E-state index is 0.103. The highest BCUT2D eigenvalue weighted by molar-refractivity contribution is 7.79. The van der Waals surface area contributed by atoms with Crippen LogP contribution in [0, 0.1) is 0 Å². The lowest BCUT2D eigenvalue weighted by Crippen LogP contribution is -2.17. The second-order valence-corrected chi connectivity index (χ2v) is 2.13. The monoisotopic (exact) mass is 200 g/mol. The number of amides is 1. The quantitative estimate of drug-likeness (QED) is 0.598. The highest BCUT2D eigenvalue weighted by atomic mass is 32.1. The number of thiol groups is 1. The van der Waals surface area contributed by atoms with Crippen LogP contribution in [0.1, 0.15) is 10.4 Å². The van der Waals surface area contributed by atoms with E-state index in [4.69, 9.17) is 6.23 Å². The van der Waals surface area contributed by atoms with Gasteiger partial charge in [-0.3, -0.25) is 4.79 Å². The molecule has 0 aliphatic carbocycles. The standard InChI is InChI=1S/C8H9NO2.CH4S/c1-9-8(11)6-3-2-4-7(10)5-6;1-2/h2-5,10H,1H3,(H,9,11);2H,1H3/i/hD. The number of phenolic OH excluding ortho intramolecular Hbond substituents is 1. The first-order valence-corrected chi connectivity index (χ1v) is 4.47. The van der Waals surface area contributed by atoms with Crippen molar-refractivity contribution in [3.8, 4) is 5.75 Å². The fourth-order valence-corrected chi connectivity index (χ4v) is 0.791. The van der Waals surface area contributed by atoms with Crippen molar-refractivity contribution in [1.82, 2.24) is 5.32 Å². The first kappa shape index (κ1) is 9.92. The lowest BCUT2D eigenvalue weighted by molar-refractivity contribution is 0.0962. The van der Waals surface area contributed by atoms with Gasteiger partial charge in [-0.15, -0.1) is 0 Å². The molecule has 0 saturated carbocycles. The van der Waals surface area contributed by atoms with Crippen molar-refractivity contribution in [2.75, 3.05) is 13.3 Å². The zero-order chi connectivity index (χ0) is 11.0. The van der Waals surface area contributed by atoms with Gasteiger partial charge >= 0.3 is 0 Å². The molecule has 0 unspecified atom stereocenters. The van der Waals surface area contributed by atoms with Crippen molar-refractivity contribution in [2.24, 2.45) is 0 Å². The molecule has 0 bridgehead atoms. The molecule has 13 heavy (non-hydrogen) atoms. The van der Waals surface area contributed by atoms with E-state index in [-0.39, 0.29) is 11.7 Å². The smallest absolute Gasteiger partial charge is 0.251 e. The van der Waals surface area contributed by atoms with Crippen molar-refractivity contribution < 1.29 is 9.90 Å². The minimum Gasteiger partial charge on any atom is -0.508 e. The minimum atomic E-state index is -0.194. The molecule has 2 N–H and O–H groups in total. The summed E-state index contributed by atoms with van der Waals surface area (Å²) in [6, 6.07) is 6.20. The van der Waals surface area contributed by atoms with E-state index < -0.39 is 0 Å². The van der Waals surface area contributed by atoms with Crippen LogP contribution in [0.5, 0.6) is 5.75 Å². The molecule has 0 radical (unpaired) electrons. The zero-order valence-electron chi connectivity index (χ0n) is 8.57. The average molecular weight is 200 g/mol. The molecular weight excluding hydrogens is 186 g/mol. The number of benzene rings is 1. The van der Waals surface area contributed by atoms with Crippen molar-refractivity contribution in [3.63, 3.8) is 0 Å². The fraction of sp³-hybridized carbons (Fsp3) is 0.222. The van der Waals surface area contributed by atoms with E-state index in [9.17, 15) is 4.79 Å². The summed E-state index contributed by atoms with van der Waals surface area (Å²) in [5.41, 5.74) is 0.465. The topological polar surface area (TPSA) is 49.3 Å². The molecule has 4 heteroatoms. The third-order valence-corrected chi connectivity index (χ3v) is 1.34. The first-order chi connectivity index (χ1) is 6.65. The Morgan fingerprint density at radius 1 is 1.69 bits per heavy atom. The Balaban J connectivity index is 0.000000500. The molecule has 0 saturated heterocycles. The van der Waals surface area contributed by atoms with Gasteiger partial charge in [-0.2, -0.15) is 12.5 Å². The van der Waals surface area contributed by atoms with Crippen LogP contribution in [-0.4, -0.2) is 25.4 Å². The fourth-order valence-electron chi connectivity index (χ4n) is 0.791. The van der Waals surface area contributed by atoms with Gasteiger partial charge < -0.3 is 10.4 Å². The molecule has 1 aromatic rings. The highest BCUT2D eigenvalue weighted by Crippen LogP contribution is 2.09. The van der Waals surface area contributed by atoms with Crippen molar-refractivity contribution >= 4 is 18.4 Å². The number of rotatable bonds is 1. The normalized spacial score (nSPS) is 9.23. The number of nitrogens with one attached hydrogen (secondary N) is 1. The van der Waals surface area contributed by atoms with E-state index in [1.165, 1.54) is 12.1 Å². The second-order valence-electron chi connectivity index (χ2n) is 2.13. The Morgan fingerprint density at radius 2 is 2.31 bits per heavy atom. The van der Waals surface area contributed by atoms with Crippen molar-refractivity contribution in [3.05, 3.63) is 29.8 Å². The molecule has 1 amide bonds. The first-order valence-electron chi connectivity index (χ1n) is 4.07. The molecule has 72 valence electrons. The number of phenols is 1. The summed E-state index contributed by atoms with van der Waals surface area (Å²) < 4.78 is 6.12. The molecule has 1 rings (SSSR count). The summed E-state index contributed by atoms with van der Waals surface area (Å²) in [6.07, 6.45) is 1.71. The Labute approximate surface area is 84.3 Å². The van der Waals surface area contributed by atoms with Gasteiger partial charge in [0.15, 0.2) is 0 Å². The van der Waals surface area contributed by atoms with Gasteiger partial charge in [0.2, 0.25) is 0 Å². The second kappa shape index (κ2) is 6.37. The van der Waals surface area contributed by atoms with Gasteiger partial charge in [-0.1, -0.05) is 6.07 Å². The zero-order valence-corrected chi connectivity index (χ0v) is 8.39. The van der Waals surface area contributed by atoms with E-state index in [1.54, 1.807) is 25.4 Å². The van der Waals surface area contributed by atoms with Gasteiger partial charge in [0.1, 0.15) is 6.87 Å². The Bertz CT molecular complexity index is 294. The van der Waals surface area contributed by atoms with Gasteiger partial charge in [-0.05, 0) is 24.5 Å². The molecule has 0 atom stereocenters. The number of carbonyl (C=O) groups is 1. The van der Waals surface area contributed by atoms with E-state index in [1.807, 2.05) is 0 Å². The van der Waals surface area contributed by atoms with Crippen LogP contribution >= 0.6 is 12.5 Å². The van der Waals surface area contributed by atoms with Crippen molar-refractivity contribution in [2.45, 2.75) is 0 Å². The van der Waals surface area contributed by atoms with Crippen LogP contribution in [0.15, 0.2) is 24.3 Å². The predicted molar refractivity (Wildman–Crippen MR) is 56.4 cm³/mol. The van der Waals surface area contributed by atoms with Gasteiger partial charge in [0, 0.05) is 12.6 Å². The molecule has 1 aromatic carbocycles. The summed E-state index contributed by atoms with van der Waals surface area (Å²) in [5.74, 6) is -0.0907. The van der Waals surface area contributed by atoms with Crippen LogP contribution in [0.2, 0.25) is 0 Å². The molecule has 0 heterocycles. The van der Waals surface area contributed by atoms with E-state index >= 15 is 0 Å². The van der Waals surface area contributed by atoms with E-state index in [2.05, 4.69) is 5.32 Å². The summed E-state index contributed by atoms with van der Waals surface area (Å²) in [4.78, 5) is 10.9. The molecule has 0 aliphatic heterocycles. The number of carbonyl (C=O) groups excluding carboxylic acids is 1. The summed E-state index contributed by atoms with van der Waals surface area (Å²) >= 11 is 1.000. The maximum Gasteiger partial charge on any atom is 0.251 e. The van der Waals surface area contributed by atoms with Gasteiger partial charge in [0.05, 0.1) is 0 Å². The van der Waals surface area contributed by atoms with Crippen LogP contribution < -0.4 is 5.32 Å². The van der Waals surface area contributed by atoms with Crippen LogP contribution in [0.3, 0.4) is 0 Å². The molecular formula is C9H13NO2S. The van der Waals surface area contributed by atoms with E-state index in [0.717, 1.165) is 12.5 Å². The molecule has 3 nitrogen and oxygen atoms in total. The largest absolute Gasteiger partial charge is 0.508 e. The Hall–Kier alpha value is -1.16. The lowest BCUT2D eigenvalue weighted by Gasteiger charge is -1.98. The summed E-state index contributed by atoms with van der Waals surface area (Å²) in [5, 5.41) is 11.4. The molecule has 0 aromatic heterocycles. The maximum atomic E-state index is 10.9. The third kappa shape index (κ3) is 3.85. The average Bonchev–Trinajstić information content (AvgIpc) is 2.18. The number of hydrogen-bond donors (Lipinski definition) is 3. The third-order valence-electron chi connectivity index (χ3n) is 1.34. The highest BCUT2D eigenvalue weighted by Gasteiger charge is 2.01. The Morgan fingerprint density at radius 3 is 2.77 bits per heavy atom. The van der Waals surface area contributed by atoms with E-state index in [0.29, 0.717) is 5.56 Å². The Kier molecular flexibility index (Phi) is 4.86. The van der Waals surface area contributed by atoms with Crippen LogP contribution in [0.4, 0.5) is 0 Å². The predicted octanol–water partition coefficient (Wildman–Crippen LogP) is 1.30.